The van der Waals surface area contributed by atoms with E-state index >= 15 is 0 Å². The molecule has 0 amide bonds. The molecule has 3 N–H and O–H groups in total. The van der Waals surface area contributed by atoms with Crippen molar-refractivity contribution < 1.29 is 13.2 Å². The summed E-state index contributed by atoms with van der Waals surface area (Å²) in [5.41, 5.74) is 5.04. The lowest BCUT2D eigenvalue weighted by molar-refractivity contribution is 0.502. The second kappa shape index (κ2) is 7.14. The minimum Gasteiger partial charge on any atom is -0.456 e. The number of benzene rings is 3. The first-order valence-electron chi connectivity index (χ1n) is 8.86. The molecule has 142 valence electrons. The monoisotopic (exact) mass is 392 g/mol. The summed E-state index contributed by atoms with van der Waals surface area (Å²) in [6.45, 7) is 0. The van der Waals surface area contributed by atoms with Crippen molar-refractivity contribution in [1.82, 2.24) is 0 Å². The number of ether oxygens (including phenoxy) is 1. The van der Waals surface area contributed by atoms with Crippen molar-refractivity contribution in [3.8, 4) is 5.75 Å². The van der Waals surface area contributed by atoms with Crippen molar-refractivity contribution in [2.45, 2.75) is 11.3 Å². The fraction of sp³-hybridized carbons (Fsp3) is 0.0909. The summed E-state index contributed by atoms with van der Waals surface area (Å²) in [6.07, 6.45) is 0.724. The predicted molar refractivity (Wildman–Crippen MR) is 111 cm³/mol. The van der Waals surface area contributed by atoms with Crippen LogP contribution in [0.2, 0.25) is 0 Å². The third kappa shape index (κ3) is 3.52. The molecule has 0 radical (unpaired) electrons. The number of rotatable bonds is 4. The normalized spacial score (nSPS) is 13.6. The summed E-state index contributed by atoms with van der Waals surface area (Å²) in [5, 5.41) is 8.34. The van der Waals surface area contributed by atoms with Crippen molar-refractivity contribution in [2.24, 2.45) is 5.14 Å². The molecular weight excluding hydrogens is 372 g/mol. The van der Waals surface area contributed by atoms with Gasteiger partial charge in [-0.15, -0.1) is 0 Å². The molecular formula is C22H20N2O3S. The van der Waals surface area contributed by atoms with Gasteiger partial charge in [-0.1, -0.05) is 30.3 Å². The minimum atomic E-state index is -3.74. The van der Waals surface area contributed by atoms with Crippen molar-refractivity contribution >= 4 is 27.0 Å². The fourth-order valence-corrected chi connectivity index (χ4v) is 3.81. The smallest absolute Gasteiger partial charge is 0.238 e. The Labute approximate surface area is 164 Å². The Balaban J connectivity index is 1.83. The molecule has 1 aliphatic rings. The van der Waals surface area contributed by atoms with Gasteiger partial charge < -0.3 is 10.1 Å². The Morgan fingerprint density at radius 2 is 1.54 bits per heavy atom. The van der Waals surface area contributed by atoms with Crippen LogP contribution in [0, 0.1) is 0 Å². The Kier molecular flexibility index (Phi) is 4.66. The number of anilines is 1. The van der Waals surface area contributed by atoms with Gasteiger partial charge in [0.25, 0.3) is 0 Å². The zero-order valence-corrected chi connectivity index (χ0v) is 16.2. The predicted octanol–water partition coefficient (Wildman–Crippen LogP) is 3.88. The topological polar surface area (TPSA) is 81.4 Å². The number of sulfonamides is 1. The van der Waals surface area contributed by atoms with Crippen molar-refractivity contribution in [3.05, 3.63) is 89.5 Å². The Hall–Kier alpha value is -3.09. The van der Waals surface area contributed by atoms with Gasteiger partial charge in [0.1, 0.15) is 11.5 Å². The zero-order valence-electron chi connectivity index (χ0n) is 15.3. The maximum absolute atomic E-state index is 11.6. The van der Waals surface area contributed by atoms with Gasteiger partial charge in [0, 0.05) is 30.3 Å². The number of nitrogens with two attached hydrogens (primary N) is 1. The SMILES string of the molecule is CNc1ccc(C2=C(c3ccc(S(N)(=O)=O)cc3)Oc3ccccc3C2)cc1. The molecule has 0 atom stereocenters. The van der Waals surface area contributed by atoms with E-state index in [9.17, 15) is 8.42 Å². The molecule has 1 aliphatic heterocycles. The molecule has 0 saturated heterocycles. The third-order valence-electron chi connectivity index (χ3n) is 4.79. The quantitative estimate of drug-likeness (QED) is 0.706. The van der Waals surface area contributed by atoms with Crippen molar-refractivity contribution in [3.63, 3.8) is 0 Å². The van der Waals surface area contributed by atoms with Crippen LogP contribution in [0.25, 0.3) is 11.3 Å². The fourth-order valence-electron chi connectivity index (χ4n) is 3.29. The van der Waals surface area contributed by atoms with E-state index < -0.39 is 10.0 Å². The number of fused-ring (bicyclic) bond motifs is 1. The van der Waals surface area contributed by atoms with Gasteiger partial charge in [-0.2, -0.15) is 0 Å². The number of nitrogens with one attached hydrogen (secondary N) is 1. The van der Waals surface area contributed by atoms with Crippen LogP contribution in [0.1, 0.15) is 16.7 Å². The maximum Gasteiger partial charge on any atom is 0.238 e. The summed E-state index contributed by atoms with van der Waals surface area (Å²) < 4.78 is 29.4. The third-order valence-corrected chi connectivity index (χ3v) is 5.72. The van der Waals surface area contributed by atoms with Crippen LogP contribution in [0.4, 0.5) is 5.69 Å². The van der Waals surface area contributed by atoms with Crippen LogP contribution in [0.15, 0.2) is 77.7 Å². The molecule has 3 aromatic carbocycles. The molecule has 6 heteroatoms. The number of hydrogen-bond acceptors (Lipinski definition) is 4. The Morgan fingerprint density at radius 1 is 0.893 bits per heavy atom. The average Bonchev–Trinajstić information content (AvgIpc) is 2.72. The number of para-hydroxylation sites is 1. The summed E-state index contributed by atoms with van der Waals surface area (Å²) in [7, 11) is -1.85. The Morgan fingerprint density at radius 3 is 2.18 bits per heavy atom. The first-order valence-corrected chi connectivity index (χ1v) is 10.4. The van der Waals surface area contributed by atoms with Gasteiger partial charge in [0.15, 0.2) is 0 Å². The molecule has 4 rings (SSSR count). The van der Waals surface area contributed by atoms with Crippen LogP contribution in [-0.4, -0.2) is 15.5 Å². The molecule has 0 aromatic heterocycles. The number of hydrogen-bond donors (Lipinski definition) is 2. The highest BCUT2D eigenvalue weighted by molar-refractivity contribution is 7.89. The number of primary sulfonamides is 1. The molecule has 1 heterocycles. The maximum atomic E-state index is 11.6. The lowest BCUT2D eigenvalue weighted by Gasteiger charge is -2.24. The lowest BCUT2D eigenvalue weighted by Crippen LogP contribution is -2.12. The Bertz CT molecular complexity index is 1150. The van der Waals surface area contributed by atoms with E-state index in [1.165, 1.54) is 12.1 Å². The molecule has 0 bridgehead atoms. The second-order valence-electron chi connectivity index (χ2n) is 6.59. The average molecular weight is 392 g/mol. The first-order chi connectivity index (χ1) is 13.5. The highest BCUT2D eigenvalue weighted by Crippen LogP contribution is 2.39. The lowest BCUT2D eigenvalue weighted by atomic mass is 9.92. The molecule has 5 nitrogen and oxygen atoms in total. The highest BCUT2D eigenvalue weighted by Gasteiger charge is 2.22. The molecule has 28 heavy (non-hydrogen) atoms. The van der Waals surface area contributed by atoms with E-state index in [2.05, 4.69) is 23.5 Å². The van der Waals surface area contributed by atoms with Gasteiger partial charge in [-0.25, -0.2) is 13.6 Å². The first kappa shape index (κ1) is 18.3. The van der Waals surface area contributed by atoms with Crippen molar-refractivity contribution in [1.29, 1.82) is 0 Å². The van der Waals surface area contributed by atoms with Crippen LogP contribution in [-0.2, 0) is 16.4 Å². The zero-order chi connectivity index (χ0) is 19.7. The highest BCUT2D eigenvalue weighted by atomic mass is 32.2. The molecule has 0 saturated carbocycles. The molecule has 3 aromatic rings. The van der Waals surface area contributed by atoms with E-state index in [-0.39, 0.29) is 4.90 Å². The molecule has 0 fully saturated rings. The number of allylic oxidation sites excluding steroid dienone is 1. The van der Waals surface area contributed by atoms with Gasteiger partial charge in [-0.05, 0) is 53.6 Å². The largest absolute Gasteiger partial charge is 0.456 e. The van der Waals surface area contributed by atoms with E-state index in [0.29, 0.717) is 0 Å². The van der Waals surface area contributed by atoms with Crippen molar-refractivity contribution in [2.75, 3.05) is 12.4 Å². The standard InChI is InChI=1S/C22H20N2O3S/c1-24-18-10-6-15(7-11-18)20-14-17-4-2-3-5-21(17)27-22(20)16-8-12-19(13-9-16)28(23,25)26/h2-13,24H,14H2,1H3,(H2,23,25,26). The summed E-state index contributed by atoms with van der Waals surface area (Å²) in [6, 6.07) is 22.5. The molecule has 0 unspecified atom stereocenters. The van der Waals surface area contributed by atoms with E-state index in [1.54, 1.807) is 12.1 Å². The second-order valence-corrected chi connectivity index (χ2v) is 8.15. The molecule has 0 spiro atoms. The van der Waals surface area contributed by atoms with Gasteiger partial charge in [0.2, 0.25) is 10.0 Å². The van der Waals surface area contributed by atoms with Crippen LogP contribution in [0.3, 0.4) is 0 Å². The van der Waals surface area contributed by atoms with E-state index in [1.807, 2.05) is 37.4 Å². The van der Waals surface area contributed by atoms with Crippen LogP contribution < -0.4 is 15.2 Å². The van der Waals surface area contributed by atoms with E-state index in [4.69, 9.17) is 9.88 Å². The van der Waals surface area contributed by atoms with Crippen LogP contribution >= 0.6 is 0 Å². The van der Waals surface area contributed by atoms with Gasteiger partial charge in [0.05, 0.1) is 4.90 Å². The summed E-state index contributed by atoms with van der Waals surface area (Å²) in [5.74, 6) is 1.53. The molecule has 0 aliphatic carbocycles. The van der Waals surface area contributed by atoms with E-state index in [0.717, 1.165) is 45.9 Å². The summed E-state index contributed by atoms with van der Waals surface area (Å²) >= 11 is 0. The summed E-state index contributed by atoms with van der Waals surface area (Å²) in [4.78, 5) is 0.0768. The van der Waals surface area contributed by atoms with Crippen LogP contribution in [0.5, 0.6) is 5.75 Å². The minimum absolute atomic E-state index is 0.0768. The van der Waals surface area contributed by atoms with Gasteiger partial charge >= 0.3 is 0 Å². The van der Waals surface area contributed by atoms with Gasteiger partial charge in [-0.3, -0.25) is 0 Å².